The van der Waals surface area contributed by atoms with Crippen LogP contribution < -0.4 is 5.32 Å². The summed E-state index contributed by atoms with van der Waals surface area (Å²) in [5.41, 5.74) is 2.10. The summed E-state index contributed by atoms with van der Waals surface area (Å²) >= 11 is 0. The van der Waals surface area contributed by atoms with Gasteiger partial charge >= 0.3 is 0 Å². The maximum Gasteiger partial charge on any atom is 0.224 e. The number of benzene rings is 1. The van der Waals surface area contributed by atoms with Crippen molar-refractivity contribution < 1.29 is 4.79 Å². The molecule has 5 heteroatoms. The molecule has 0 atom stereocenters. The molecule has 3 rings (SSSR count). The number of carbonyl (C=O) groups is 1. The van der Waals surface area contributed by atoms with E-state index in [1.807, 2.05) is 65.6 Å². The van der Waals surface area contributed by atoms with E-state index >= 15 is 0 Å². The molecule has 5 nitrogen and oxygen atoms in total. The van der Waals surface area contributed by atoms with Gasteiger partial charge in [0.05, 0.1) is 13.0 Å². The maximum absolute atomic E-state index is 11.9. The highest BCUT2D eigenvalue weighted by Gasteiger charge is 2.03. The summed E-state index contributed by atoms with van der Waals surface area (Å²) in [6, 6.07) is 13.9. The molecule has 0 aliphatic rings. The van der Waals surface area contributed by atoms with Gasteiger partial charge in [-0.25, -0.2) is 0 Å². The minimum absolute atomic E-state index is 0.0286. The molecule has 0 radical (unpaired) electrons. The van der Waals surface area contributed by atoms with Crippen molar-refractivity contribution in [2.24, 2.45) is 0 Å². The lowest BCUT2D eigenvalue weighted by Gasteiger charge is -2.07. The van der Waals surface area contributed by atoms with Gasteiger partial charge in [-0.2, -0.15) is 5.10 Å². The molecular weight excluding hydrogens is 276 g/mol. The van der Waals surface area contributed by atoms with Crippen molar-refractivity contribution >= 4 is 5.91 Å². The summed E-state index contributed by atoms with van der Waals surface area (Å²) in [7, 11) is 0. The van der Waals surface area contributed by atoms with E-state index in [4.69, 9.17) is 0 Å². The van der Waals surface area contributed by atoms with Crippen LogP contribution in [0, 0.1) is 0 Å². The molecule has 0 bridgehead atoms. The first-order valence-corrected chi connectivity index (χ1v) is 7.28. The highest BCUT2D eigenvalue weighted by Crippen LogP contribution is 2.10. The second-order valence-electron chi connectivity index (χ2n) is 5.05. The van der Waals surface area contributed by atoms with Crippen LogP contribution in [-0.4, -0.2) is 26.8 Å². The Labute approximate surface area is 129 Å². The third kappa shape index (κ3) is 3.63. The van der Waals surface area contributed by atoms with Gasteiger partial charge in [0.2, 0.25) is 5.91 Å². The molecular formula is C17H18N4O. The van der Waals surface area contributed by atoms with Crippen LogP contribution in [-0.2, 0) is 17.8 Å². The first-order valence-electron chi connectivity index (χ1n) is 7.28. The third-order valence-electron chi connectivity index (χ3n) is 3.43. The van der Waals surface area contributed by atoms with E-state index in [2.05, 4.69) is 10.4 Å². The van der Waals surface area contributed by atoms with E-state index in [-0.39, 0.29) is 5.91 Å². The molecule has 0 aliphatic heterocycles. The molecule has 0 saturated carbocycles. The van der Waals surface area contributed by atoms with Gasteiger partial charge in [-0.15, -0.1) is 0 Å². The van der Waals surface area contributed by atoms with E-state index in [9.17, 15) is 4.79 Å². The van der Waals surface area contributed by atoms with Crippen LogP contribution in [0.4, 0.5) is 0 Å². The van der Waals surface area contributed by atoms with Crippen LogP contribution >= 0.6 is 0 Å². The Bertz CT molecular complexity index is 700. The second kappa shape index (κ2) is 6.76. The van der Waals surface area contributed by atoms with Crippen molar-refractivity contribution in [1.82, 2.24) is 19.7 Å². The predicted molar refractivity (Wildman–Crippen MR) is 84.7 cm³/mol. The smallest absolute Gasteiger partial charge is 0.224 e. The molecule has 0 fully saturated rings. The Morgan fingerprint density at radius 3 is 2.50 bits per heavy atom. The maximum atomic E-state index is 11.9. The Kier molecular flexibility index (Phi) is 4.34. The molecule has 0 aliphatic carbocycles. The van der Waals surface area contributed by atoms with Gasteiger partial charge in [0, 0.05) is 37.0 Å². The summed E-state index contributed by atoms with van der Waals surface area (Å²) in [5, 5.41) is 7.00. The molecule has 112 valence electrons. The van der Waals surface area contributed by atoms with E-state index in [1.165, 1.54) is 0 Å². The number of aromatic nitrogens is 3. The second-order valence-corrected chi connectivity index (χ2v) is 5.05. The van der Waals surface area contributed by atoms with Crippen molar-refractivity contribution in [2.75, 3.05) is 6.54 Å². The highest BCUT2D eigenvalue weighted by molar-refractivity contribution is 5.78. The zero-order valence-corrected chi connectivity index (χ0v) is 12.2. The molecule has 2 heterocycles. The van der Waals surface area contributed by atoms with Gasteiger partial charge in [0.1, 0.15) is 0 Å². The van der Waals surface area contributed by atoms with Crippen LogP contribution in [0.3, 0.4) is 0 Å². The zero-order chi connectivity index (χ0) is 15.2. The number of carbonyl (C=O) groups excluding carboxylic acids is 1. The van der Waals surface area contributed by atoms with Crippen molar-refractivity contribution in [1.29, 1.82) is 0 Å². The van der Waals surface area contributed by atoms with Gasteiger partial charge in [0.25, 0.3) is 0 Å². The van der Waals surface area contributed by atoms with Gasteiger partial charge in [-0.3, -0.25) is 9.48 Å². The summed E-state index contributed by atoms with van der Waals surface area (Å²) < 4.78 is 3.83. The average Bonchev–Trinajstić information content (AvgIpc) is 3.21. The van der Waals surface area contributed by atoms with Crippen molar-refractivity contribution in [2.45, 2.75) is 13.0 Å². The zero-order valence-electron chi connectivity index (χ0n) is 12.2. The Hall–Kier alpha value is -2.82. The topological polar surface area (TPSA) is 51.9 Å². The fraction of sp³-hybridized carbons (Fsp3) is 0.176. The molecule has 0 saturated heterocycles. The molecule has 1 amide bonds. The molecule has 1 aromatic carbocycles. The Balaban J connectivity index is 1.49. The highest BCUT2D eigenvalue weighted by atomic mass is 16.1. The number of hydrogen-bond acceptors (Lipinski definition) is 2. The average molecular weight is 294 g/mol. The molecule has 3 aromatic rings. The van der Waals surface area contributed by atoms with Gasteiger partial charge in [-0.1, -0.05) is 12.1 Å². The normalized spacial score (nSPS) is 10.5. The predicted octanol–water partition coefficient (Wildman–Crippen LogP) is 2.03. The van der Waals surface area contributed by atoms with E-state index in [0.29, 0.717) is 19.5 Å². The van der Waals surface area contributed by atoms with Gasteiger partial charge in [-0.05, 0) is 35.9 Å². The monoisotopic (exact) mass is 294 g/mol. The van der Waals surface area contributed by atoms with E-state index < -0.39 is 0 Å². The number of rotatable bonds is 6. The molecule has 22 heavy (non-hydrogen) atoms. The lowest BCUT2D eigenvalue weighted by Crippen LogP contribution is -2.28. The van der Waals surface area contributed by atoms with Crippen LogP contribution in [0.25, 0.3) is 5.69 Å². The number of amides is 1. The molecule has 2 aromatic heterocycles. The number of nitrogens with one attached hydrogen (secondary N) is 1. The Morgan fingerprint density at radius 1 is 1.05 bits per heavy atom. The summed E-state index contributed by atoms with van der Waals surface area (Å²) in [4.78, 5) is 11.9. The van der Waals surface area contributed by atoms with Crippen molar-refractivity contribution in [3.8, 4) is 5.69 Å². The van der Waals surface area contributed by atoms with Gasteiger partial charge in [0.15, 0.2) is 0 Å². The number of hydrogen-bond donors (Lipinski definition) is 1. The summed E-state index contributed by atoms with van der Waals surface area (Å²) in [5.74, 6) is 0.0286. The molecule has 0 unspecified atom stereocenters. The van der Waals surface area contributed by atoms with Gasteiger partial charge < -0.3 is 9.88 Å². The minimum atomic E-state index is 0.0286. The fourth-order valence-electron chi connectivity index (χ4n) is 2.28. The fourth-order valence-corrected chi connectivity index (χ4v) is 2.28. The number of nitrogens with zero attached hydrogens (tertiary/aromatic N) is 3. The largest absolute Gasteiger partial charge is 0.354 e. The summed E-state index contributed by atoms with van der Waals surface area (Å²) in [6.45, 7) is 1.27. The SMILES string of the molecule is O=C(Cc1ccc(-n2cccc2)cc1)NCCn1cccn1. The minimum Gasteiger partial charge on any atom is -0.354 e. The van der Waals surface area contributed by atoms with Crippen LogP contribution in [0.15, 0.2) is 67.3 Å². The van der Waals surface area contributed by atoms with Crippen molar-refractivity contribution in [3.05, 3.63) is 72.8 Å². The summed E-state index contributed by atoms with van der Waals surface area (Å²) in [6.07, 6.45) is 8.00. The lowest BCUT2D eigenvalue weighted by molar-refractivity contribution is -0.120. The van der Waals surface area contributed by atoms with E-state index in [0.717, 1.165) is 11.3 Å². The first kappa shape index (κ1) is 14.1. The van der Waals surface area contributed by atoms with E-state index in [1.54, 1.807) is 10.9 Å². The van der Waals surface area contributed by atoms with Crippen LogP contribution in [0.1, 0.15) is 5.56 Å². The standard InChI is InChI=1S/C17H18N4O/c22-17(18-9-13-21-12-3-8-19-21)14-15-4-6-16(7-5-15)20-10-1-2-11-20/h1-8,10-12H,9,13-14H2,(H,18,22). The molecule has 1 N–H and O–H groups in total. The molecule has 0 spiro atoms. The third-order valence-corrected chi connectivity index (χ3v) is 3.43. The Morgan fingerprint density at radius 2 is 1.82 bits per heavy atom. The van der Waals surface area contributed by atoms with Crippen molar-refractivity contribution in [3.63, 3.8) is 0 Å². The van der Waals surface area contributed by atoms with Crippen LogP contribution in [0.2, 0.25) is 0 Å². The lowest BCUT2D eigenvalue weighted by atomic mass is 10.1. The first-order chi connectivity index (χ1) is 10.8. The quantitative estimate of drug-likeness (QED) is 0.756. The van der Waals surface area contributed by atoms with Crippen LogP contribution in [0.5, 0.6) is 0 Å².